The molecular weight excluding hydrogens is 454 g/mol. The summed E-state index contributed by atoms with van der Waals surface area (Å²) in [6.45, 7) is 4.00. The highest BCUT2D eigenvalue weighted by Gasteiger charge is 2.52. The monoisotopic (exact) mass is 475 g/mol. The fourth-order valence-corrected chi connectivity index (χ4v) is 3.83. The molecule has 1 saturated heterocycles. The number of ether oxygens (including phenoxy) is 5. The highest BCUT2D eigenvalue weighted by molar-refractivity contribution is 7.99. The molecule has 2 N–H and O–H groups in total. The number of nitrogens with zero attached hydrogens (tertiary/aromatic N) is 1. The first-order valence-electron chi connectivity index (χ1n) is 9.14. The van der Waals surface area contributed by atoms with Gasteiger partial charge in [0.25, 0.3) is 5.56 Å². The number of esters is 4. The van der Waals surface area contributed by atoms with E-state index < -0.39 is 71.6 Å². The van der Waals surface area contributed by atoms with Gasteiger partial charge in [-0.05, 0) is 0 Å². The molecular formula is C17H21N3O11S. The zero-order chi connectivity index (χ0) is 24.0. The minimum absolute atomic E-state index is 0.259. The van der Waals surface area contributed by atoms with Gasteiger partial charge in [0.05, 0.1) is 0 Å². The van der Waals surface area contributed by atoms with Crippen LogP contribution in [0.3, 0.4) is 0 Å². The largest absolute Gasteiger partial charge is 0.463 e. The Morgan fingerprint density at radius 3 is 2.00 bits per heavy atom. The van der Waals surface area contributed by atoms with Gasteiger partial charge in [-0.25, -0.2) is 9.89 Å². The summed E-state index contributed by atoms with van der Waals surface area (Å²) < 4.78 is 26.6. The molecule has 32 heavy (non-hydrogen) atoms. The lowest BCUT2D eigenvalue weighted by molar-refractivity contribution is -0.237. The van der Waals surface area contributed by atoms with E-state index in [4.69, 9.17) is 23.7 Å². The summed E-state index contributed by atoms with van der Waals surface area (Å²) in [5, 5.41) is 5.41. The van der Waals surface area contributed by atoms with E-state index in [2.05, 4.69) is 5.10 Å². The minimum atomic E-state index is -1.38. The number of carbonyl (C=O) groups is 4. The van der Waals surface area contributed by atoms with Crippen molar-refractivity contribution >= 4 is 35.6 Å². The first-order valence-corrected chi connectivity index (χ1v) is 10.0. The molecule has 0 aliphatic carbocycles. The summed E-state index contributed by atoms with van der Waals surface area (Å²) in [6, 6.07) is 0. The van der Waals surface area contributed by atoms with Crippen molar-refractivity contribution in [3.05, 3.63) is 20.8 Å². The topological polar surface area (TPSA) is 193 Å². The first-order chi connectivity index (χ1) is 15.0. The van der Waals surface area contributed by atoms with Crippen molar-refractivity contribution in [3.8, 4) is 0 Å². The van der Waals surface area contributed by atoms with Gasteiger partial charge in [0.2, 0.25) is 0 Å². The van der Waals surface area contributed by atoms with Crippen molar-refractivity contribution < 1.29 is 42.9 Å². The summed E-state index contributed by atoms with van der Waals surface area (Å²) in [7, 11) is 0. The smallest absolute Gasteiger partial charge is 0.342 e. The van der Waals surface area contributed by atoms with E-state index in [1.54, 1.807) is 0 Å². The van der Waals surface area contributed by atoms with Crippen LogP contribution in [0.15, 0.2) is 14.6 Å². The van der Waals surface area contributed by atoms with E-state index in [0.29, 0.717) is 11.8 Å². The van der Waals surface area contributed by atoms with Crippen LogP contribution < -0.4 is 11.2 Å². The second kappa shape index (κ2) is 10.9. The lowest BCUT2D eigenvalue weighted by atomic mass is 9.99. The van der Waals surface area contributed by atoms with E-state index in [9.17, 15) is 28.8 Å². The predicted molar refractivity (Wildman–Crippen MR) is 103 cm³/mol. The molecule has 1 aromatic heterocycles. The van der Waals surface area contributed by atoms with Gasteiger partial charge in [0.1, 0.15) is 12.7 Å². The minimum Gasteiger partial charge on any atom is -0.463 e. The van der Waals surface area contributed by atoms with E-state index in [-0.39, 0.29) is 5.03 Å². The molecule has 1 aliphatic heterocycles. The Bertz CT molecular complexity index is 990. The van der Waals surface area contributed by atoms with Crippen LogP contribution in [0.2, 0.25) is 0 Å². The summed E-state index contributed by atoms with van der Waals surface area (Å²) in [5.41, 5.74) is -2.94. The van der Waals surface area contributed by atoms with Crippen LogP contribution >= 0.6 is 11.8 Å². The first kappa shape index (κ1) is 25.1. The van der Waals surface area contributed by atoms with Crippen molar-refractivity contribution in [1.82, 2.24) is 15.2 Å². The van der Waals surface area contributed by atoms with Crippen molar-refractivity contribution in [2.24, 2.45) is 0 Å². The summed E-state index contributed by atoms with van der Waals surface area (Å²) in [4.78, 5) is 71.7. The third kappa shape index (κ3) is 6.91. The van der Waals surface area contributed by atoms with Gasteiger partial charge >= 0.3 is 29.6 Å². The number of carbonyl (C=O) groups excluding carboxylic acids is 4. The van der Waals surface area contributed by atoms with Crippen molar-refractivity contribution in [2.75, 3.05) is 6.61 Å². The highest BCUT2D eigenvalue weighted by atomic mass is 32.2. The van der Waals surface area contributed by atoms with Crippen LogP contribution in [0.4, 0.5) is 0 Å². The Balaban J connectivity index is 2.49. The molecule has 0 spiro atoms. The van der Waals surface area contributed by atoms with Crippen LogP contribution in [0.5, 0.6) is 0 Å². The maximum absolute atomic E-state index is 12.1. The molecule has 1 aliphatic rings. The molecule has 1 fully saturated rings. The number of hydrogen-bond acceptors (Lipinski definition) is 13. The van der Waals surface area contributed by atoms with Crippen LogP contribution in [0, 0.1) is 0 Å². The number of thioether (sulfide) groups is 1. The van der Waals surface area contributed by atoms with Crippen LogP contribution in [0.1, 0.15) is 27.7 Å². The molecule has 0 saturated carbocycles. The number of aromatic amines is 2. The number of nitrogens with one attached hydrogen (secondary N) is 2. The second-order valence-corrected chi connectivity index (χ2v) is 7.58. The number of rotatable bonds is 7. The van der Waals surface area contributed by atoms with E-state index >= 15 is 0 Å². The van der Waals surface area contributed by atoms with E-state index in [1.165, 1.54) is 0 Å². The second-order valence-electron chi connectivity index (χ2n) is 6.50. The Labute approximate surface area is 184 Å². The summed E-state index contributed by atoms with van der Waals surface area (Å²) in [6.07, 6.45) is -5.24. The lowest BCUT2D eigenvalue weighted by Gasteiger charge is -2.43. The van der Waals surface area contributed by atoms with Crippen molar-refractivity contribution in [2.45, 2.75) is 62.6 Å². The molecule has 14 nitrogen and oxygen atoms in total. The zero-order valence-corrected chi connectivity index (χ0v) is 18.3. The van der Waals surface area contributed by atoms with Gasteiger partial charge in [0.15, 0.2) is 28.8 Å². The maximum atomic E-state index is 12.1. The summed E-state index contributed by atoms with van der Waals surface area (Å²) >= 11 is 0.643. The van der Waals surface area contributed by atoms with Crippen LogP contribution in [-0.4, -0.2) is 75.5 Å². The molecule has 2 rings (SSSR count). The van der Waals surface area contributed by atoms with Crippen molar-refractivity contribution in [1.29, 1.82) is 0 Å². The van der Waals surface area contributed by atoms with E-state index in [1.807, 2.05) is 10.1 Å². The van der Waals surface area contributed by atoms with E-state index in [0.717, 1.165) is 27.7 Å². The average molecular weight is 475 g/mol. The Morgan fingerprint density at radius 2 is 1.47 bits per heavy atom. The van der Waals surface area contributed by atoms with Gasteiger partial charge in [0, 0.05) is 27.7 Å². The molecule has 5 atom stereocenters. The SMILES string of the molecule is CC(=O)OC[C@@H]1O[C@H](Sc2n[nH]c(=O)[nH]c2=O)[C@H](OC(C)=O)[C@H](OC(C)=O)[C@@H]1OC(C)=O. The number of aromatic nitrogens is 3. The molecule has 15 heteroatoms. The molecule has 0 aromatic carbocycles. The Hall–Kier alpha value is -3.20. The number of H-pyrrole nitrogens is 2. The fraction of sp³-hybridized carbons (Fsp3) is 0.588. The number of hydrogen-bond donors (Lipinski definition) is 2. The predicted octanol–water partition coefficient (Wildman–Crippen LogP) is -1.37. The normalized spacial score (nSPS) is 24.8. The molecule has 2 heterocycles. The van der Waals surface area contributed by atoms with Gasteiger partial charge in [-0.3, -0.25) is 29.0 Å². The molecule has 0 bridgehead atoms. The highest BCUT2D eigenvalue weighted by Crippen LogP contribution is 2.36. The van der Waals surface area contributed by atoms with Gasteiger partial charge in [-0.1, -0.05) is 11.8 Å². The van der Waals surface area contributed by atoms with Gasteiger partial charge < -0.3 is 23.7 Å². The molecule has 0 radical (unpaired) electrons. The molecule has 0 unspecified atom stereocenters. The quantitative estimate of drug-likeness (QED) is 0.347. The Morgan fingerprint density at radius 1 is 0.906 bits per heavy atom. The standard InChI is InChI=1S/C17H21N3O11S/c1-6(21)27-5-10-11(28-7(2)22)12(29-8(3)23)13(30-9(4)24)16(31-10)32-15-14(25)18-17(26)20-19-15/h10-13,16H,5H2,1-4H3,(H2,18,20,25,26)/t10-,11+,12+,13+,16+/m0/s1. The summed E-state index contributed by atoms with van der Waals surface area (Å²) in [5.74, 6) is -3.01. The third-order valence-corrected chi connectivity index (χ3v) is 4.97. The Kier molecular flexibility index (Phi) is 8.54. The van der Waals surface area contributed by atoms with Crippen LogP contribution in [-0.2, 0) is 42.9 Å². The van der Waals surface area contributed by atoms with Crippen LogP contribution in [0.25, 0.3) is 0 Å². The molecule has 0 amide bonds. The molecule has 1 aromatic rings. The fourth-order valence-electron chi connectivity index (χ4n) is 2.81. The third-order valence-electron chi connectivity index (χ3n) is 3.86. The van der Waals surface area contributed by atoms with Crippen molar-refractivity contribution in [3.63, 3.8) is 0 Å². The average Bonchev–Trinajstić information content (AvgIpc) is 2.65. The van der Waals surface area contributed by atoms with Gasteiger partial charge in [-0.15, -0.1) is 0 Å². The maximum Gasteiger partial charge on any atom is 0.342 e. The lowest BCUT2D eigenvalue weighted by Crippen LogP contribution is -2.61. The molecule has 176 valence electrons. The zero-order valence-electron chi connectivity index (χ0n) is 17.4. The van der Waals surface area contributed by atoms with Gasteiger partial charge in [-0.2, -0.15) is 5.10 Å².